The maximum absolute atomic E-state index is 14.2. The van der Waals surface area contributed by atoms with Crippen LogP contribution in [0.3, 0.4) is 0 Å². The van der Waals surface area contributed by atoms with Crippen LogP contribution in [-0.4, -0.2) is 26.1 Å². The Kier molecular flexibility index (Phi) is 6.60. The number of aryl methyl sites for hydroxylation is 1. The Hall–Kier alpha value is -3.19. The number of hydrogen-bond donors (Lipinski definition) is 0. The lowest BCUT2D eigenvalue weighted by Gasteiger charge is -2.31. The number of halogens is 1. The zero-order valence-corrected chi connectivity index (χ0v) is 20.8. The molecule has 5 nitrogen and oxygen atoms in total. The summed E-state index contributed by atoms with van der Waals surface area (Å²) in [6.45, 7) is 3.68. The Morgan fingerprint density at radius 1 is 1.14 bits per heavy atom. The second-order valence-corrected chi connectivity index (χ2v) is 10.6. The number of imidazole rings is 1. The average Bonchev–Trinajstić information content (AvgIpc) is 3.42. The first-order valence-corrected chi connectivity index (χ1v) is 13.0. The lowest BCUT2D eigenvalue weighted by Crippen LogP contribution is -2.22. The van der Waals surface area contributed by atoms with E-state index in [0.29, 0.717) is 18.4 Å². The molecule has 7 heteroatoms. The molecule has 0 amide bonds. The van der Waals surface area contributed by atoms with Crippen molar-refractivity contribution in [1.82, 2.24) is 14.5 Å². The fourth-order valence-electron chi connectivity index (χ4n) is 5.23. The minimum atomic E-state index is -0.402. The van der Waals surface area contributed by atoms with E-state index in [0.717, 1.165) is 53.1 Å². The van der Waals surface area contributed by atoms with Gasteiger partial charge in [0.05, 0.1) is 11.0 Å². The molecule has 1 fully saturated rings. The summed E-state index contributed by atoms with van der Waals surface area (Å²) in [5.74, 6) is 0.541. The van der Waals surface area contributed by atoms with Crippen molar-refractivity contribution in [2.24, 2.45) is 5.92 Å². The number of benzene rings is 1. The molecule has 1 aliphatic rings. The van der Waals surface area contributed by atoms with E-state index >= 15 is 0 Å². The van der Waals surface area contributed by atoms with Gasteiger partial charge < -0.3 is 4.57 Å². The van der Waals surface area contributed by atoms with Crippen LogP contribution >= 0.6 is 11.3 Å². The Balaban J connectivity index is 1.49. The zero-order chi connectivity index (χ0) is 24.5. The van der Waals surface area contributed by atoms with Crippen LogP contribution in [0.5, 0.6) is 0 Å². The first-order chi connectivity index (χ1) is 16.9. The van der Waals surface area contributed by atoms with Crippen molar-refractivity contribution in [1.29, 1.82) is 0 Å². The molecule has 0 unspecified atom stereocenters. The number of rotatable bonds is 7. The monoisotopic (exact) mass is 489 g/mol. The van der Waals surface area contributed by atoms with E-state index in [2.05, 4.69) is 9.55 Å². The van der Waals surface area contributed by atoms with E-state index in [1.807, 2.05) is 50.2 Å². The molecule has 0 aliphatic heterocycles. The van der Waals surface area contributed by atoms with Crippen LogP contribution in [0.2, 0.25) is 0 Å². The Labute approximate surface area is 208 Å². The van der Waals surface area contributed by atoms with Gasteiger partial charge in [0.15, 0.2) is 17.4 Å². The van der Waals surface area contributed by atoms with E-state index < -0.39 is 5.82 Å². The summed E-state index contributed by atoms with van der Waals surface area (Å²) < 4.78 is 16.4. The van der Waals surface area contributed by atoms with Crippen LogP contribution < -0.4 is 0 Å². The van der Waals surface area contributed by atoms with E-state index in [4.69, 9.17) is 4.98 Å². The number of nitrogens with zero attached hydrogens (tertiary/aromatic N) is 3. The lowest BCUT2D eigenvalue weighted by atomic mass is 9.82. The van der Waals surface area contributed by atoms with Crippen LogP contribution in [0, 0.1) is 18.7 Å². The van der Waals surface area contributed by atoms with Crippen molar-refractivity contribution in [3.8, 4) is 11.5 Å². The molecular formula is C28H28FN3O2S. The van der Waals surface area contributed by atoms with E-state index in [-0.39, 0.29) is 28.4 Å². The number of aromatic nitrogens is 3. The standard InChI is InChI=1S/C28H28FN3O2S/c1-3-25(33)19-10-11-24-23(16-19)31-28(22-9-4-5-12-30-22)32(24)20-8-6-7-18(14-20)15-26(34)27-21(29)13-17(2)35-27/h4-5,9-13,16,18,20H,3,6-8,14-15H2,1-2H3/t18-,20+/m1/s1. The molecule has 0 bridgehead atoms. The largest absolute Gasteiger partial charge is 0.320 e. The number of Topliss-reactive ketones (excluding diaryl/α,β-unsaturated/α-hetero) is 2. The maximum Gasteiger partial charge on any atom is 0.176 e. The molecule has 180 valence electrons. The highest BCUT2D eigenvalue weighted by atomic mass is 32.1. The van der Waals surface area contributed by atoms with Crippen molar-refractivity contribution >= 4 is 33.9 Å². The van der Waals surface area contributed by atoms with Gasteiger partial charge in [0.2, 0.25) is 0 Å². The van der Waals surface area contributed by atoms with Crippen LogP contribution in [0.4, 0.5) is 4.39 Å². The smallest absolute Gasteiger partial charge is 0.176 e. The molecule has 1 aliphatic carbocycles. The van der Waals surface area contributed by atoms with Crippen LogP contribution in [0.1, 0.15) is 76.4 Å². The number of carbonyl (C=O) groups is 2. The van der Waals surface area contributed by atoms with Gasteiger partial charge in [0.1, 0.15) is 16.4 Å². The van der Waals surface area contributed by atoms with Gasteiger partial charge in [-0.15, -0.1) is 11.3 Å². The molecule has 0 N–H and O–H groups in total. The molecule has 1 aromatic carbocycles. The third kappa shape index (κ3) is 4.69. The van der Waals surface area contributed by atoms with Crippen LogP contribution in [-0.2, 0) is 0 Å². The summed E-state index contributed by atoms with van der Waals surface area (Å²) in [7, 11) is 0. The van der Waals surface area contributed by atoms with Gasteiger partial charge in [-0.3, -0.25) is 14.6 Å². The van der Waals surface area contributed by atoms with Gasteiger partial charge in [0.25, 0.3) is 0 Å². The third-order valence-electron chi connectivity index (χ3n) is 6.88. The highest BCUT2D eigenvalue weighted by molar-refractivity contribution is 7.14. The Bertz CT molecular complexity index is 1390. The molecule has 3 aromatic heterocycles. The van der Waals surface area contributed by atoms with Gasteiger partial charge in [-0.25, -0.2) is 9.37 Å². The van der Waals surface area contributed by atoms with Crippen molar-refractivity contribution < 1.29 is 14.0 Å². The van der Waals surface area contributed by atoms with Gasteiger partial charge in [0, 0.05) is 35.5 Å². The van der Waals surface area contributed by atoms with E-state index in [9.17, 15) is 14.0 Å². The van der Waals surface area contributed by atoms with Crippen LogP contribution in [0.25, 0.3) is 22.6 Å². The van der Waals surface area contributed by atoms with Gasteiger partial charge in [-0.1, -0.05) is 19.4 Å². The Morgan fingerprint density at radius 3 is 2.71 bits per heavy atom. The summed E-state index contributed by atoms with van der Waals surface area (Å²) in [4.78, 5) is 35.7. The molecule has 4 aromatic rings. The van der Waals surface area contributed by atoms with Crippen molar-refractivity contribution in [2.45, 2.75) is 58.4 Å². The maximum atomic E-state index is 14.2. The highest BCUT2D eigenvalue weighted by Crippen LogP contribution is 2.40. The predicted octanol–water partition coefficient (Wildman–Crippen LogP) is 7.20. The SMILES string of the molecule is CCC(=O)c1ccc2c(c1)nc(-c1ccccn1)n2[C@H]1CCC[C@@H](CC(=O)c2sc(C)cc2F)C1. The molecule has 1 saturated carbocycles. The fourth-order valence-corrected chi connectivity index (χ4v) is 6.07. The minimum absolute atomic E-state index is 0.0909. The number of ketones is 2. The summed E-state index contributed by atoms with van der Waals surface area (Å²) in [6, 6.07) is 13.1. The summed E-state index contributed by atoms with van der Waals surface area (Å²) in [5.41, 5.74) is 3.19. The molecular weight excluding hydrogens is 461 g/mol. The highest BCUT2D eigenvalue weighted by Gasteiger charge is 2.30. The van der Waals surface area contributed by atoms with Crippen molar-refractivity contribution in [3.63, 3.8) is 0 Å². The molecule has 0 radical (unpaired) electrons. The number of hydrogen-bond acceptors (Lipinski definition) is 5. The lowest BCUT2D eigenvalue weighted by molar-refractivity contribution is 0.0941. The third-order valence-corrected chi connectivity index (χ3v) is 7.95. The number of fused-ring (bicyclic) bond motifs is 1. The molecule has 0 saturated heterocycles. The topological polar surface area (TPSA) is 64.8 Å². The fraction of sp³-hybridized carbons (Fsp3) is 0.357. The second-order valence-electron chi connectivity index (χ2n) is 9.35. The zero-order valence-electron chi connectivity index (χ0n) is 20.0. The normalized spacial score (nSPS) is 18.1. The first kappa shape index (κ1) is 23.5. The first-order valence-electron chi connectivity index (χ1n) is 12.2. The van der Waals surface area contributed by atoms with E-state index in [1.54, 1.807) is 6.20 Å². The second kappa shape index (κ2) is 9.82. The van der Waals surface area contributed by atoms with Crippen LogP contribution in [0.15, 0.2) is 48.7 Å². The van der Waals surface area contributed by atoms with Gasteiger partial charge in [-0.2, -0.15) is 0 Å². The molecule has 3 heterocycles. The summed E-state index contributed by atoms with van der Waals surface area (Å²) in [5, 5.41) is 0. The quantitative estimate of drug-likeness (QED) is 0.257. The van der Waals surface area contributed by atoms with Gasteiger partial charge >= 0.3 is 0 Å². The molecule has 35 heavy (non-hydrogen) atoms. The summed E-state index contributed by atoms with van der Waals surface area (Å²) in [6.07, 6.45) is 6.29. The van der Waals surface area contributed by atoms with Crippen molar-refractivity contribution in [3.05, 3.63) is 69.8 Å². The average molecular weight is 490 g/mol. The minimum Gasteiger partial charge on any atom is -0.320 e. The van der Waals surface area contributed by atoms with Crippen molar-refractivity contribution in [2.75, 3.05) is 0 Å². The Morgan fingerprint density at radius 2 is 2.00 bits per heavy atom. The number of carbonyl (C=O) groups excluding carboxylic acids is 2. The predicted molar refractivity (Wildman–Crippen MR) is 137 cm³/mol. The molecule has 0 spiro atoms. The number of thiophene rings is 1. The van der Waals surface area contributed by atoms with E-state index in [1.165, 1.54) is 17.4 Å². The summed E-state index contributed by atoms with van der Waals surface area (Å²) >= 11 is 1.24. The molecule has 2 atom stereocenters. The number of pyridine rings is 1. The molecule has 5 rings (SSSR count). The van der Waals surface area contributed by atoms with Gasteiger partial charge in [-0.05, 0) is 68.5 Å².